The van der Waals surface area contributed by atoms with Gasteiger partial charge in [0.1, 0.15) is 0 Å². The van der Waals surface area contributed by atoms with E-state index in [1.54, 1.807) is 0 Å². The minimum Gasteiger partial charge on any atom is -0.310 e. The van der Waals surface area contributed by atoms with Crippen LogP contribution in [0.4, 0.5) is 17.1 Å². The molecule has 0 amide bonds. The molecule has 0 aliphatic rings. The highest BCUT2D eigenvalue weighted by Gasteiger charge is 2.19. The van der Waals surface area contributed by atoms with Crippen molar-refractivity contribution in [3.8, 4) is 50.2 Å². The number of hydrogen-bond donors (Lipinski definition) is 0. The first-order valence-electron chi connectivity index (χ1n) is 20.6. The first-order valence-corrected chi connectivity index (χ1v) is 20.6. The van der Waals surface area contributed by atoms with E-state index in [-0.39, 0.29) is 0 Å². The predicted molar refractivity (Wildman–Crippen MR) is 255 cm³/mol. The van der Waals surface area contributed by atoms with Gasteiger partial charge in [-0.1, -0.05) is 182 Å². The third kappa shape index (κ3) is 6.41. The van der Waals surface area contributed by atoms with Crippen molar-refractivity contribution >= 4 is 49.6 Å². The maximum absolute atomic E-state index is 2.41. The number of fused-ring (bicyclic) bond motifs is 4. The number of hydrogen-bond acceptors (Lipinski definition) is 1. The van der Waals surface area contributed by atoms with Crippen LogP contribution in [0.25, 0.3) is 82.8 Å². The molecular formula is C58H40N2. The van der Waals surface area contributed by atoms with Crippen molar-refractivity contribution in [3.63, 3.8) is 0 Å². The molecule has 2 nitrogen and oxygen atoms in total. The molecule has 1 heterocycles. The maximum atomic E-state index is 2.41. The molecule has 60 heavy (non-hydrogen) atoms. The fourth-order valence-electron chi connectivity index (χ4n) is 8.83. The van der Waals surface area contributed by atoms with Gasteiger partial charge in [-0.3, -0.25) is 0 Å². The van der Waals surface area contributed by atoms with Crippen LogP contribution in [0.15, 0.2) is 243 Å². The first-order chi connectivity index (χ1) is 29.7. The summed E-state index contributed by atoms with van der Waals surface area (Å²) in [5, 5.41) is 5.00. The zero-order chi connectivity index (χ0) is 39.8. The van der Waals surface area contributed by atoms with Gasteiger partial charge < -0.3 is 9.47 Å². The fraction of sp³-hybridized carbons (Fsp3) is 0. The normalized spacial score (nSPS) is 11.3. The van der Waals surface area contributed by atoms with Crippen molar-refractivity contribution in [1.29, 1.82) is 0 Å². The topological polar surface area (TPSA) is 8.17 Å². The SMILES string of the molecule is c1ccc(-c2ccc(-c3ccccc3N(c3ccc(-c4cccc(-c5ccc6ccccc6c5)c4)cc3)c3cccc(-n4c5ccccc5c5ccccc54)c3)cc2)cc1. The molecule has 0 N–H and O–H groups in total. The van der Waals surface area contributed by atoms with E-state index in [0.717, 1.165) is 33.9 Å². The number of para-hydroxylation sites is 3. The third-order valence-electron chi connectivity index (χ3n) is 11.8. The van der Waals surface area contributed by atoms with Crippen LogP contribution in [0.3, 0.4) is 0 Å². The summed E-state index contributed by atoms with van der Waals surface area (Å²) >= 11 is 0. The molecule has 0 unspecified atom stereocenters. The second-order valence-corrected chi connectivity index (χ2v) is 15.4. The highest BCUT2D eigenvalue weighted by molar-refractivity contribution is 6.09. The highest BCUT2D eigenvalue weighted by Crippen LogP contribution is 2.43. The molecule has 2 heteroatoms. The number of benzene rings is 10. The van der Waals surface area contributed by atoms with Crippen LogP contribution in [0.1, 0.15) is 0 Å². The van der Waals surface area contributed by atoms with Crippen LogP contribution in [0, 0.1) is 0 Å². The Kier molecular flexibility index (Phi) is 8.87. The smallest absolute Gasteiger partial charge is 0.0541 e. The molecule has 0 spiro atoms. The van der Waals surface area contributed by atoms with Crippen LogP contribution < -0.4 is 4.90 Å². The summed E-state index contributed by atoms with van der Waals surface area (Å²) in [5.74, 6) is 0. The Hall–Kier alpha value is -7.94. The van der Waals surface area contributed by atoms with Gasteiger partial charge in [-0.2, -0.15) is 0 Å². The van der Waals surface area contributed by atoms with Gasteiger partial charge in [0.15, 0.2) is 0 Å². The van der Waals surface area contributed by atoms with Crippen molar-refractivity contribution in [2.75, 3.05) is 4.90 Å². The van der Waals surface area contributed by atoms with E-state index in [1.807, 2.05) is 0 Å². The lowest BCUT2D eigenvalue weighted by atomic mass is 9.96. The van der Waals surface area contributed by atoms with Gasteiger partial charge in [0.05, 0.1) is 16.7 Å². The van der Waals surface area contributed by atoms with Crippen LogP contribution in [0.2, 0.25) is 0 Å². The Bertz CT molecular complexity index is 3250. The lowest BCUT2D eigenvalue weighted by Crippen LogP contribution is -2.11. The van der Waals surface area contributed by atoms with Crippen molar-refractivity contribution in [2.45, 2.75) is 0 Å². The lowest BCUT2D eigenvalue weighted by Gasteiger charge is -2.28. The molecule has 0 saturated heterocycles. The van der Waals surface area contributed by atoms with Gasteiger partial charge in [-0.25, -0.2) is 0 Å². The van der Waals surface area contributed by atoms with E-state index in [2.05, 4.69) is 252 Å². The summed E-state index contributed by atoms with van der Waals surface area (Å²) in [5.41, 5.74) is 16.3. The van der Waals surface area contributed by atoms with Crippen LogP contribution >= 0.6 is 0 Å². The van der Waals surface area contributed by atoms with Crippen molar-refractivity contribution in [2.24, 2.45) is 0 Å². The van der Waals surface area contributed by atoms with Crippen molar-refractivity contribution < 1.29 is 0 Å². The minimum absolute atomic E-state index is 1.08. The second-order valence-electron chi connectivity index (χ2n) is 15.4. The average Bonchev–Trinajstić information content (AvgIpc) is 3.67. The molecule has 11 rings (SSSR count). The van der Waals surface area contributed by atoms with Gasteiger partial charge >= 0.3 is 0 Å². The molecule has 11 aromatic rings. The van der Waals surface area contributed by atoms with Gasteiger partial charge in [0.25, 0.3) is 0 Å². The first kappa shape index (κ1) is 35.2. The van der Waals surface area contributed by atoms with Crippen LogP contribution in [-0.4, -0.2) is 4.57 Å². The molecule has 0 bridgehead atoms. The van der Waals surface area contributed by atoms with Gasteiger partial charge in [0, 0.05) is 33.4 Å². The molecule has 0 atom stereocenters. The Morgan fingerprint density at radius 2 is 0.800 bits per heavy atom. The molecule has 282 valence electrons. The standard InChI is InChI=1S/C58H40N2/c1-2-14-41(15-3-1)43-28-31-45(32-29-43)53-22-6-9-25-56(53)59(51-20-13-21-52(40-51)60-57-26-10-7-23-54(57)55-24-8-11-27-58(55)60)50-36-34-44(35-37-50)47-18-12-19-48(38-47)49-33-30-42-16-4-5-17-46(42)39-49/h1-40H. The van der Waals surface area contributed by atoms with Crippen LogP contribution in [-0.2, 0) is 0 Å². The molecule has 1 aromatic heterocycles. The van der Waals surface area contributed by atoms with Gasteiger partial charge in [0.2, 0.25) is 0 Å². The highest BCUT2D eigenvalue weighted by atomic mass is 15.1. The summed E-state index contributed by atoms with van der Waals surface area (Å²) in [4.78, 5) is 2.41. The summed E-state index contributed by atoms with van der Waals surface area (Å²) in [6.07, 6.45) is 0. The number of aromatic nitrogens is 1. The zero-order valence-electron chi connectivity index (χ0n) is 33.0. The Morgan fingerprint density at radius 1 is 0.283 bits per heavy atom. The van der Waals surface area contributed by atoms with Crippen LogP contribution in [0.5, 0.6) is 0 Å². The number of rotatable bonds is 8. The quantitative estimate of drug-likeness (QED) is 0.150. The van der Waals surface area contributed by atoms with E-state index in [0.29, 0.717) is 0 Å². The molecule has 0 fully saturated rings. The average molecular weight is 765 g/mol. The number of anilines is 3. The van der Waals surface area contributed by atoms with E-state index < -0.39 is 0 Å². The van der Waals surface area contributed by atoms with E-state index in [4.69, 9.17) is 0 Å². The monoisotopic (exact) mass is 764 g/mol. The molecular weight excluding hydrogens is 725 g/mol. The second kappa shape index (κ2) is 15.1. The Morgan fingerprint density at radius 3 is 1.57 bits per heavy atom. The number of nitrogens with zero attached hydrogens (tertiary/aromatic N) is 2. The molecule has 0 saturated carbocycles. The van der Waals surface area contributed by atoms with Gasteiger partial charge in [-0.15, -0.1) is 0 Å². The Balaban J connectivity index is 1.03. The maximum Gasteiger partial charge on any atom is 0.0541 e. The molecule has 0 radical (unpaired) electrons. The molecule has 0 aliphatic heterocycles. The fourth-order valence-corrected chi connectivity index (χ4v) is 8.83. The minimum atomic E-state index is 1.08. The molecule has 0 aliphatic carbocycles. The summed E-state index contributed by atoms with van der Waals surface area (Å²) < 4.78 is 2.40. The van der Waals surface area contributed by atoms with Crippen molar-refractivity contribution in [3.05, 3.63) is 243 Å². The third-order valence-corrected chi connectivity index (χ3v) is 11.8. The zero-order valence-corrected chi connectivity index (χ0v) is 33.0. The lowest BCUT2D eigenvalue weighted by molar-refractivity contribution is 1.17. The summed E-state index contributed by atoms with van der Waals surface area (Å²) in [6.45, 7) is 0. The Labute approximate surface area is 350 Å². The van der Waals surface area contributed by atoms with E-state index >= 15 is 0 Å². The van der Waals surface area contributed by atoms with E-state index in [1.165, 1.54) is 66.0 Å². The predicted octanol–water partition coefficient (Wildman–Crippen LogP) is 16.1. The summed E-state index contributed by atoms with van der Waals surface area (Å²) in [6, 6.07) is 87.9. The largest absolute Gasteiger partial charge is 0.310 e. The summed E-state index contributed by atoms with van der Waals surface area (Å²) in [7, 11) is 0. The van der Waals surface area contributed by atoms with E-state index in [9.17, 15) is 0 Å². The molecule has 10 aromatic carbocycles. The van der Waals surface area contributed by atoms with Gasteiger partial charge in [-0.05, 0) is 110 Å². The van der Waals surface area contributed by atoms with Crippen molar-refractivity contribution in [1.82, 2.24) is 4.57 Å².